The van der Waals surface area contributed by atoms with Crippen LogP contribution in [0.5, 0.6) is 11.5 Å². The number of ether oxygens (including phenoxy) is 3. The van der Waals surface area contributed by atoms with Gasteiger partial charge in [0.15, 0.2) is 0 Å². The molecule has 0 aliphatic rings. The SMILES string of the molecule is COCCOc1ccc(C(=O)Oc2ccccc2C)cc1. The summed E-state index contributed by atoms with van der Waals surface area (Å²) in [6.45, 7) is 2.90. The Morgan fingerprint density at radius 3 is 2.38 bits per heavy atom. The van der Waals surface area contributed by atoms with Gasteiger partial charge in [0, 0.05) is 7.11 Å². The smallest absolute Gasteiger partial charge is 0.343 e. The van der Waals surface area contributed by atoms with Crippen LogP contribution >= 0.6 is 0 Å². The largest absolute Gasteiger partial charge is 0.491 e. The summed E-state index contributed by atoms with van der Waals surface area (Å²) in [5.74, 6) is 0.884. The fraction of sp³-hybridized carbons (Fsp3) is 0.235. The van der Waals surface area contributed by atoms with Crippen molar-refractivity contribution in [2.75, 3.05) is 20.3 Å². The zero-order chi connectivity index (χ0) is 15.1. The number of rotatable bonds is 6. The molecule has 0 unspecified atom stereocenters. The van der Waals surface area contributed by atoms with Crippen LogP contribution in [0.1, 0.15) is 15.9 Å². The zero-order valence-electron chi connectivity index (χ0n) is 12.2. The molecule has 0 saturated heterocycles. The third-order valence-corrected chi connectivity index (χ3v) is 2.94. The van der Waals surface area contributed by atoms with Crippen LogP contribution in [0.4, 0.5) is 0 Å². The van der Waals surface area contributed by atoms with Crippen LogP contribution in [-0.4, -0.2) is 26.3 Å². The van der Waals surface area contributed by atoms with Gasteiger partial charge in [-0.1, -0.05) is 18.2 Å². The van der Waals surface area contributed by atoms with Gasteiger partial charge >= 0.3 is 5.97 Å². The summed E-state index contributed by atoms with van der Waals surface area (Å²) in [4.78, 5) is 12.1. The highest BCUT2D eigenvalue weighted by Gasteiger charge is 2.10. The highest BCUT2D eigenvalue weighted by atomic mass is 16.5. The van der Waals surface area contributed by atoms with Crippen LogP contribution in [0, 0.1) is 6.92 Å². The van der Waals surface area contributed by atoms with E-state index in [0.717, 1.165) is 5.56 Å². The van der Waals surface area contributed by atoms with Gasteiger partial charge < -0.3 is 14.2 Å². The molecule has 0 radical (unpaired) electrons. The van der Waals surface area contributed by atoms with E-state index < -0.39 is 0 Å². The molecule has 0 atom stereocenters. The predicted molar refractivity (Wildman–Crippen MR) is 80.0 cm³/mol. The molecular weight excluding hydrogens is 268 g/mol. The highest BCUT2D eigenvalue weighted by Crippen LogP contribution is 2.19. The second-order valence-corrected chi connectivity index (χ2v) is 4.52. The number of carbonyl (C=O) groups is 1. The third-order valence-electron chi connectivity index (χ3n) is 2.94. The summed E-state index contributed by atoms with van der Waals surface area (Å²) in [7, 11) is 1.62. The minimum absolute atomic E-state index is 0.382. The lowest BCUT2D eigenvalue weighted by Gasteiger charge is -2.08. The Bertz CT molecular complexity index is 590. The average Bonchev–Trinajstić information content (AvgIpc) is 2.50. The minimum Gasteiger partial charge on any atom is -0.491 e. The first kappa shape index (κ1) is 15.1. The summed E-state index contributed by atoms with van der Waals surface area (Å²) in [6, 6.07) is 14.3. The lowest BCUT2D eigenvalue weighted by Crippen LogP contribution is -2.09. The van der Waals surface area contributed by atoms with Gasteiger partial charge in [0.05, 0.1) is 12.2 Å². The number of para-hydroxylation sites is 1. The Morgan fingerprint density at radius 1 is 1.00 bits per heavy atom. The fourth-order valence-electron chi connectivity index (χ4n) is 1.76. The Balaban J connectivity index is 1.98. The maximum absolute atomic E-state index is 12.1. The highest BCUT2D eigenvalue weighted by molar-refractivity contribution is 5.91. The van der Waals surface area contributed by atoms with E-state index in [-0.39, 0.29) is 5.97 Å². The van der Waals surface area contributed by atoms with Crippen LogP contribution < -0.4 is 9.47 Å². The molecule has 4 heteroatoms. The molecule has 2 aromatic rings. The average molecular weight is 286 g/mol. The Morgan fingerprint density at radius 2 is 1.71 bits per heavy atom. The first-order valence-corrected chi connectivity index (χ1v) is 6.70. The van der Waals surface area contributed by atoms with Crippen molar-refractivity contribution in [3.8, 4) is 11.5 Å². The number of aryl methyl sites for hydroxylation is 1. The van der Waals surface area contributed by atoms with Crippen molar-refractivity contribution < 1.29 is 19.0 Å². The Kier molecular flexibility index (Phi) is 5.35. The molecule has 0 amide bonds. The molecule has 0 spiro atoms. The van der Waals surface area contributed by atoms with Gasteiger partial charge in [0.1, 0.15) is 18.1 Å². The summed E-state index contributed by atoms with van der Waals surface area (Å²) in [6.07, 6.45) is 0. The van der Waals surface area contributed by atoms with Gasteiger partial charge in [-0.25, -0.2) is 4.79 Å². The van der Waals surface area contributed by atoms with Crippen molar-refractivity contribution in [2.24, 2.45) is 0 Å². The fourth-order valence-corrected chi connectivity index (χ4v) is 1.76. The van der Waals surface area contributed by atoms with Gasteiger partial charge in [0.25, 0.3) is 0 Å². The van der Waals surface area contributed by atoms with Crippen molar-refractivity contribution in [1.82, 2.24) is 0 Å². The monoisotopic (exact) mass is 286 g/mol. The molecule has 0 N–H and O–H groups in total. The molecular formula is C17H18O4. The number of methoxy groups -OCH3 is 1. The lowest BCUT2D eigenvalue weighted by molar-refractivity contribution is 0.0733. The first-order valence-electron chi connectivity index (χ1n) is 6.70. The molecule has 0 aliphatic carbocycles. The number of carbonyl (C=O) groups excluding carboxylic acids is 1. The van der Waals surface area contributed by atoms with Crippen LogP contribution in [0.25, 0.3) is 0 Å². The summed E-state index contributed by atoms with van der Waals surface area (Å²) >= 11 is 0. The van der Waals surface area contributed by atoms with E-state index in [2.05, 4.69) is 0 Å². The molecule has 0 aliphatic heterocycles. The number of benzene rings is 2. The van der Waals surface area contributed by atoms with E-state index in [1.165, 1.54) is 0 Å². The quantitative estimate of drug-likeness (QED) is 0.464. The second-order valence-electron chi connectivity index (χ2n) is 4.52. The van der Waals surface area contributed by atoms with Crippen molar-refractivity contribution in [2.45, 2.75) is 6.92 Å². The molecule has 0 fully saturated rings. The molecule has 2 aromatic carbocycles. The Labute approximate surface area is 124 Å². The van der Waals surface area contributed by atoms with Gasteiger partial charge in [-0.2, -0.15) is 0 Å². The zero-order valence-corrected chi connectivity index (χ0v) is 12.2. The molecule has 4 nitrogen and oxygen atoms in total. The molecule has 2 rings (SSSR count). The predicted octanol–water partition coefficient (Wildman–Crippen LogP) is 3.24. The second kappa shape index (κ2) is 7.45. The van der Waals surface area contributed by atoms with Crippen molar-refractivity contribution in [3.05, 3.63) is 59.7 Å². The molecule has 21 heavy (non-hydrogen) atoms. The van der Waals surface area contributed by atoms with E-state index in [0.29, 0.717) is 30.3 Å². The summed E-state index contributed by atoms with van der Waals surface area (Å²) < 4.78 is 15.7. The van der Waals surface area contributed by atoms with Crippen LogP contribution in [-0.2, 0) is 4.74 Å². The van der Waals surface area contributed by atoms with Gasteiger partial charge in [0.2, 0.25) is 0 Å². The first-order chi connectivity index (χ1) is 10.2. The maximum Gasteiger partial charge on any atom is 0.343 e. The number of hydrogen-bond acceptors (Lipinski definition) is 4. The van der Waals surface area contributed by atoms with E-state index in [4.69, 9.17) is 14.2 Å². The van der Waals surface area contributed by atoms with E-state index in [9.17, 15) is 4.79 Å². The minimum atomic E-state index is -0.382. The standard InChI is InChI=1S/C17H18O4/c1-13-5-3-4-6-16(13)21-17(18)14-7-9-15(10-8-14)20-12-11-19-2/h3-10H,11-12H2,1-2H3. The van der Waals surface area contributed by atoms with Gasteiger partial charge in [-0.3, -0.25) is 0 Å². The van der Waals surface area contributed by atoms with E-state index in [1.54, 1.807) is 37.4 Å². The molecule has 0 saturated carbocycles. The maximum atomic E-state index is 12.1. The molecule has 0 aromatic heterocycles. The van der Waals surface area contributed by atoms with Crippen LogP contribution in [0.15, 0.2) is 48.5 Å². The Hall–Kier alpha value is -2.33. The van der Waals surface area contributed by atoms with E-state index in [1.807, 2.05) is 25.1 Å². The number of hydrogen-bond donors (Lipinski definition) is 0. The van der Waals surface area contributed by atoms with Gasteiger partial charge in [-0.15, -0.1) is 0 Å². The van der Waals surface area contributed by atoms with E-state index >= 15 is 0 Å². The summed E-state index contributed by atoms with van der Waals surface area (Å²) in [5, 5.41) is 0. The molecule has 0 heterocycles. The van der Waals surface area contributed by atoms with Crippen LogP contribution in [0.2, 0.25) is 0 Å². The normalized spacial score (nSPS) is 10.2. The third kappa shape index (κ3) is 4.33. The van der Waals surface area contributed by atoms with Crippen molar-refractivity contribution in [3.63, 3.8) is 0 Å². The number of esters is 1. The van der Waals surface area contributed by atoms with Crippen molar-refractivity contribution in [1.29, 1.82) is 0 Å². The lowest BCUT2D eigenvalue weighted by atomic mass is 10.2. The van der Waals surface area contributed by atoms with Gasteiger partial charge in [-0.05, 0) is 42.8 Å². The topological polar surface area (TPSA) is 44.8 Å². The summed E-state index contributed by atoms with van der Waals surface area (Å²) in [5.41, 5.74) is 1.41. The molecule has 110 valence electrons. The van der Waals surface area contributed by atoms with Crippen molar-refractivity contribution >= 4 is 5.97 Å². The van der Waals surface area contributed by atoms with Crippen LogP contribution in [0.3, 0.4) is 0 Å². The molecule has 0 bridgehead atoms.